The molecular weight excluding hydrogens is 387 g/mol. The standard InChI is InChI=1S/C19H16F3N5O2/c20-19(21,22)13-3-1-2-12(7-13)18(4-5-18)17-25-16(29-26-17)11-6-15(28)27(10-11)14-8-23-24-9-14/h1-3,7-9,11H,4-6,10H2,(H,23,24). The van der Waals surface area contributed by atoms with Gasteiger partial charge in [0, 0.05) is 19.2 Å². The molecule has 1 saturated heterocycles. The van der Waals surface area contributed by atoms with Crippen LogP contribution in [-0.2, 0) is 16.4 Å². The minimum atomic E-state index is -4.41. The van der Waals surface area contributed by atoms with E-state index in [1.165, 1.54) is 6.07 Å². The average molecular weight is 403 g/mol. The van der Waals surface area contributed by atoms with E-state index in [9.17, 15) is 18.0 Å². The Morgan fingerprint density at radius 1 is 1.28 bits per heavy atom. The van der Waals surface area contributed by atoms with Crippen LogP contribution in [-0.4, -0.2) is 32.8 Å². The van der Waals surface area contributed by atoms with Crippen LogP contribution in [0, 0.1) is 0 Å². The van der Waals surface area contributed by atoms with Gasteiger partial charge in [-0.15, -0.1) is 0 Å². The molecule has 1 atom stereocenters. The number of alkyl halides is 3. The van der Waals surface area contributed by atoms with Gasteiger partial charge >= 0.3 is 6.18 Å². The number of nitrogens with zero attached hydrogens (tertiary/aromatic N) is 4. The van der Waals surface area contributed by atoms with Gasteiger partial charge in [0.15, 0.2) is 5.82 Å². The molecule has 1 amide bonds. The van der Waals surface area contributed by atoms with E-state index in [0.717, 1.165) is 12.1 Å². The molecule has 7 nitrogen and oxygen atoms in total. The van der Waals surface area contributed by atoms with E-state index >= 15 is 0 Å². The number of nitrogens with one attached hydrogen (secondary N) is 1. The van der Waals surface area contributed by atoms with Crippen molar-refractivity contribution in [3.63, 3.8) is 0 Å². The number of anilines is 1. The second-order valence-electron chi connectivity index (χ2n) is 7.48. The van der Waals surface area contributed by atoms with E-state index in [0.29, 0.717) is 42.4 Å². The fourth-order valence-corrected chi connectivity index (χ4v) is 3.87. The van der Waals surface area contributed by atoms with Crippen molar-refractivity contribution in [2.75, 3.05) is 11.4 Å². The Bertz CT molecular complexity index is 1060. The van der Waals surface area contributed by atoms with Crippen LogP contribution in [0.25, 0.3) is 0 Å². The topological polar surface area (TPSA) is 87.9 Å². The minimum absolute atomic E-state index is 0.0739. The SMILES string of the molecule is O=C1CC(c2nc(C3(c4cccc(C(F)(F)F)c4)CC3)no2)CN1c1cn[nH]c1. The first-order valence-corrected chi connectivity index (χ1v) is 9.18. The number of aromatic nitrogens is 4. The van der Waals surface area contributed by atoms with Crippen molar-refractivity contribution in [3.8, 4) is 0 Å². The number of rotatable bonds is 4. The Morgan fingerprint density at radius 3 is 2.79 bits per heavy atom. The number of benzene rings is 1. The Hall–Kier alpha value is -3.17. The molecule has 10 heteroatoms. The molecule has 1 N–H and O–H groups in total. The zero-order chi connectivity index (χ0) is 20.2. The lowest BCUT2D eigenvalue weighted by Crippen LogP contribution is -2.23. The lowest BCUT2D eigenvalue weighted by Gasteiger charge is -2.14. The summed E-state index contributed by atoms with van der Waals surface area (Å²) in [7, 11) is 0. The van der Waals surface area contributed by atoms with Crippen LogP contribution >= 0.6 is 0 Å². The number of carbonyl (C=O) groups is 1. The van der Waals surface area contributed by atoms with E-state index < -0.39 is 17.2 Å². The fourth-order valence-electron chi connectivity index (χ4n) is 3.87. The van der Waals surface area contributed by atoms with E-state index in [1.807, 2.05) is 0 Å². The first kappa shape index (κ1) is 17.9. The Balaban J connectivity index is 1.40. The highest BCUT2D eigenvalue weighted by Crippen LogP contribution is 2.53. The number of aromatic amines is 1. The molecule has 2 aromatic heterocycles. The average Bonchev–Trinajstić information content (AvgIpc) is 3.09. The van der Waals surface area contributed by atoms with Crippen LogP contribution in [0.15, 0.2) is 41.2 Å². The van der Waals surface area contributed by atoms with E-state index in [2.05, 4.69) is 20.3 Å². The highest BCUT2D eigenvalue weighted by Gasteiger charge is 2.51. The summed E-state index contributed by atoms with van der Waals surface area (Å²) in [6, 6.07) is 5.27. The van der Waals surface area contributed by atoms with Crippen molar-refractivity contribution in [2.45, 2.75) is 36.8 Å². The van der Waals surface area contributed by atoms with Crippen molar-refractivity contribution in [2.24, 2.45) is 0 Å². The van der Waals surface area contributed by atoms with Gasteiger partial charge in [0.05, 0.1) is 28.8 Å². The van der Waals surface area contributed by atoms with Crippen molar-refractivity contribution < 1.29 is 22.5 Å². The Labute approximate surface area is 162 Å². The molecule has 150 valence electrons. The third kappa shape index (κ3) is 2.99. The molecule has 0 radical (unpaired) electrons. The third-order valence-corrected chi connectivity index (χ3v) is 5.63. The minimum Gasteiger partial charge on any atom is -0.339 e. The highest BCUT2D eigenvalue weighted by atomic mass is 19.4. The number of halogens is 3. The third-order valence-electron chi connectivity index (χ3n) is 5.63. The van der Waals surface area contributed by atoms with E-state index in [-0.39, 0.29) is 18.2 Å². The molecule has 1 aliphatic heterocycles. The molecule has 5 rings (SSSR count). The normalized spacial score (nSPS) is 21.0. The predicted octanol–water partition coefficient (Wildman–Crippen LogP) is 3.41. The van der Waals surface area contributed by atoms with E-state index in [1.54, 1.807) is 23.4 Å². The highest BCUT2D eigenvalue weighted by molar-refractivity contribution is 5.96. The second kappa shape index (κ2) is 6.16. The molecule has 29 heavy (non-hydrogen) atoms. The quantitative estimate of drug-likeness (QED) is 0.721. The largest absolute Gasteiger partial charge is 0.416 e. The smallest absolute Gasteiger partial charge is 0.339 e. The lowest BCUT2D eigenvalue weighted by atomic mass is 9.93. The monoisotopic (exact) mass is 403 g/mol. The summed E-state index contributed by atoms with van der Waals surface area (Å²) in [5.41, 5.74) is -0.153. The predicted molar refractivity (Wildman–Crippen MR) is 94.1 cm³/mol. The van der Waals surface area contributed by atoms with Crippen LogP contribution in [0.5, 0.6) is 0 Å². The zero-order valence-corrected chi connectivity index (χ0v) is 15.1. The van der Waals surface area contributed by atoms with Gasteiger partial charge in [-0.05, 0) is 24.5 Å². The van der Waals surface area contributed by atoms with Crippen molar-refractivity contribution in [1.82, 2.24) is 20.3 Å². The molecule has 1 aromatic carbocycles. The van der Waals surface area contributed by atoms with Gasteiger partial charge < -0.3 is 9.42 Å². The van der Waals surface area contributed by atoms with Gasteiger partial charge in [0.1, 0.15) is 0 Å². The summed E-state index contributed by atoms with van der Waals surface area (Å²) in [5, 5.41) is 10.6. The molecule has 0 bridgehead atoms. The van der Waals surface area contributed by atoms with Crippen molar-refractivity contribution in [3.05, 3.63) is 59.5 Å². The Kier molecular flexibility index (Phi) is 3.80. The lowest BCUT2D eigenvalue weighted by molar-refractivity contribution is -0.137. The summed E-state index contributed by atoms with van der Waals surface area (Å²) < 4.78 is 44.7. The number of H-pyrrole nitrogens is 1. The molecule has 1 unspecified atom stereocenters. The Morgan fingerprint density at radius 2 is 2.10 bits per heavy atom. The first-order chi connectivity index (χ1) is 13.9. The summed E-state index contributed by atoms with van der Waals surface area (Å²) in [4.78, 5) is 18.4. The molecule has 1 aliphatic carbocycles. The summed E-state index contributed by atoms with van der Waals surface area (Å²) in [6.07, 6.45) is 0.313. The summed E-state index contributed by atoms with van der Waals surface area (Å²) in [5.74, 6) is 0.366. The van der Waals surface area contributed by atoms with Crippen LogP contribution < -0.4 is 4.90 Å². The van der Waals surface area contributed by atoms with Crippen LogP contribution in [0.3, 0.4) is 0 Å². The van der Waals surface area contributed by atoms with E-state index in [4.69, 9.17) is 4.52 Å². The van der Waals surface area contributed by atoms with Crippen LogP contribution in [0.1, 0.15) is 48.0 Å². The van der Waals surface area contributed by atoms with Crippen molar-refractivity contribution in [1.29, 1.82) is 0 Å². The summed E-state index contributed by atoms with van der Waals surface area (Å²) >= 11 is 0. The molecule has 2 aliphatic rings. The van der Waals surface area contributed by atoms with Gasteiger partial charge in [-0.1, -0.05) is 23.4 Å². The van der Waals surface area contributed by atoms with Crippen LogP contribution in [0.4, 0.5) is 18.9 Å². The first-order valence-electron chi connectivity index (χ1n) is 9.18. The molecule has 2 fully saturated rings. The number of amides is 1. The number of hydrogen-bond acceptors (Lipinski definition) is 5. The van der Waals surface area contributed by atoms with Crippen molar-refractivity contribution >= 4 is 11.6 Å². The molecule has 3 aromatic rings. The van der Waals surface area contributed by atoms with Crippen LogP contribution in [0.2, 0.25) is 0 Å². The van der Waals surface area contributed by atoms with Gasteiger partial charge in [0.25, 0.3) is 0 Å². The van der Waals surface area contributed by atoms with Gasteiger partial charge in [-0.3, -0.25) is 9.89 Å². The maximum absolute atomic E-state index is 13.1. The molecule has 1 saturated carbocycles. The van der Waals surface area contributed by atoms with Gasteiger partial charge in [-0.2, -0.15) is 23.3 Å². The maximum atomic E-state index is 13.1. The zero-order valence-electron chi connectivity index (χ0n) is 15.1. The maximum Gasteiger partial charge on any atom is 0.416 e. The fraction of sp³-hybridized carbons (Fsp3) is 0.368. The second-order valence-corrected chi connectivity index (χ2v) is 7.48. The molecule has 3 heterocycles. The van der Waals surface area contributed by atoms with Gasteiger partial charge in [0.2, 0.25) is 11.8 Å². The number of carbonyl (C=O) groups excluding carboxylic acids is 1. The molecule has 0 spiro atoms. The molecular formula is C19H16F3N5O2. The number of hydrogen-bond donors (Lipinski definition) is 1. The summed E-state index contributed by atoms with van der Waals surface area (Å²) in [6.45, 7) is 0.385. The van der Waals surface area contributed by atoms with Gasteiger partial charge in [-0.25, -0.2) is 0 Å².